The van der Waals surface area contributed by atoms with Crippen molar-refractivity contribution in [3.05, 3.63) is 35.9 Å². The molecule has 0 bridgehead atoms. The number of nitrogens with one attached hydrogen (secondary N) is 2. The first-order valence-corrected chi connectivity index (χ1v) is 6.28. The number of carbonyl (C=O) groups excluding carboxylic acids is 1. The molecule has 0 spiro atoms. The summed E-state index contributed by atoms with van der Waals surface area (Å²) >= 11 is 0. The van der Waals surface area contributed by atoms with E-state index in [-0.39, 0.29) is 23.7 Å². The molecule has 1 amide bonds. The molecule has 100 valence electrons. The van der Waals surface area contributed by atoms with E-state index in [1.807, 2.05) is 25.2 Å². The molecular formula is C14H21ClN2O. The molecule has 0 aromatic heterocycles. The van der Waals surface area contributed by atoms with E-state index in [1.54, 1.807) is 0 Å². The van der Waals surface area contributed by atoms with Crippen LogP contribution in [-0.2, 0) is 10.2 Å². The Kier molecular flexibility index (Phi) is 5.63. The van der Waals surface area contributed by atoms with Crippen LogP contribution in [0.15, 0.2) is 30.3 Å². The van der Waals surface area contributed by atoms with Gasteiger partial charge in [-0.2, -0.15) is 0 Å². The van der Waals surface area contributed by atoms with Crippen LogP contribution in [0.3, 0.4) is 0 Å². The molecule has 0 atom stereocenters. The number of benzene rings is 1. The van der Waals surface area contributed by atoms with Gasteiger partial charge in [-0.25, -0.2) is 0 Å². The first-order valence-electron chi connectivity index (χ1n) is 6.28. The molecule has 1 aromatic rings. The van der Waals surface area contributed by atoms with Crippen LogP contribution in [0, 0.1) is 0 Å². The Hall–Kier alpha value is -1.06. The smallest absolute Gasteiger partial charge is 0.230 e. The van der Waals surface area contributed by atoms with E-state index >= 15 is 0 Å². The monoisotopic (exact) mass is 268 g/mol. The van der Waals surface area contributed by atoms with Crippen LogP contribution in [0.5, 0.6) is 0 Å². The molecule has 1 saturated carbocycles. The minimum atomic E-state index is -0.221. The summed E-state index contributed by atoms with van der Waals surface area (Å²) in [7, 11) is 1.92. The molecule has 0 radical (unpaired) electrons. The van der Waals surface area contributed by atoms with E-state index < -0.39 is 0 Å². The van der Waals surface area contributed by atoms with Crippen molar-refractivity contribution >= 4 is 18.3 Å². The molecule has 1 aliphatic rings. The lowest BCUT2D eigenvalue weighted by Crippen LogP contribution is -2.36. The largest absolute Gasteiger partial charge is 0.355 e. The van der Waals surface area contributed by atoms with Gasteiger partial charge in [0.05, 0.1) is 5.41 Å². The normalized spacial score (nSPS) is 15.6. The van der Waals surface area contributed by atoms with E-state index in [4.69, 9.17) is 0 Å². The van der Waals surface area contributed by atoms with Crippen LogP contribution >= 0.6 is 12.4 Å². The van der Waals surface area contributed by atoms with Crippen molar-refractivity contribution in [1.82, 2.24) is 10.6 Å². The van der Waals surface area contributed by atoms with Gasteiger partial charge in [-0.05, 0) is 38.4 Å². The summed E-state index contributed by atoms with van der Waals surface area (Å²) in [5.41, 5.74) is 0.937. The number of hydrogen-bond donors (Lipinski definition) is 2. The van der Waals surface area contributed by atoms with Gasteiger partial charge < -0.3 is 10.6 Å². The quantitative estimate of drug-likeness (QED) is 0.774. The molecule has 2 rings (SSSR count). The topological polar surface area (TPSA) is 41.1 Å². The maximum atomic E-state index is 12.2. The predicted molar refractivity (Wildman–Crippen MR) is 76.2 cm³/mol. The van der Waals surface area contributed by atoms with Gasteiger partial charge in [0.1, 0.15) is 0 Å². The molecule has 3 nitrogen and oxygen atoms in total. The Morgan fingerprint density at radius 2 is 1.89 bits per heavy atom. The molecule has 0 aliphatic heterocycles. The van der Waals surface area contributed by atoms with Crippen molar-refractivity contribution < 1.29 is 4.79 Å². The van der Waals surface area contributed by atoms with Crippen LogP contribution in [-0.4, -0.2) is 26.0 Å². The molecule has 18 heavy (non-hydrogen) atoms. The van der Waals surface area contributed by atoms with Crippen LogP contribution in [0.4, 0.5) is 0 Å². The summed E-state index contributed by atoms with van der Waals surface area (Å²) in [5, 5.41) is 6.12. The molecule has 0 heterocycles. The van der Waals surface area contributed by atoms with Gasteiger partial charge in [0.15, 0.2) is 0 Å². The van der Waals surface area contributed by atoms with Crippen molar-refractivity contribution in [2.75, 3.05) is 20.1 Å². The van der Waals surface area contributed by atoms with Crippen LogP contribution < -0.4 is 10.6 Å². The summed E-state index contributed by atoms with van der Waals surface area (Å²) in [6, 6.07) is 10.1. The summed E-state index contributed by atoms with van der Waals surface area (Å²) in [6.45, 7) is 1.70. The van der Waals surface area contributed by atoms with E-state index in [0.717, 1.165) is 37.9 Å². The third kappa shape index (κ3) is 3.24. The predicted octanol–water partition coefficient (Wildman–Crippen LogP) is 1.87. The minimum Gasteiger partial charge on any atom is -0.355 e. The number of halogens is 1. The zero-order valence-electron chi connectivity index (χ0n) is 10.7. The van der Waals surface area contributed by atoms with Crippen molar-refractivity contribution in [1.29, 1.82) is 0 Å². The third-order valence-electron chi connectivity index (χ3n) is 3.40. The molecular weight excluding hydrogens is 248 g/mol. The van der Waals surface area contributed by atoms with Gasteiger partial charge in [-0.3, -0.25) is 4.79 Å². The Morgan fingerprint density at radius 1 is 1.22 bits per heavy atom. The summed E-state index contributed by atoms with van der Waals surface area (Å²) < 4.78 is 0. The highest BCUT2D eigenvalue weighted by Crippen LogP contribution is 2.48. The van der Waals surface area contributed by atoms with Crippen LogP contribution in [0.1, 0.15) is 24.8 Å². The standard InChI is InChI=1S/C14H20N2O.ClH/c1-15-10-5-11-16-13(17)14(8-9-14)12-6-3-2-4-7-12;/h2-4,6-7,15H,5,8-11H2,1H3,(H,16,17);1H. The number of rotatable bonds is 6. The molecule has 1 aliphatic carbocycles. The van der Waals surface area contributed by atoms with Crippen molar-refractivity contribution in [2.45, 2.75) is 24.7 Å². The van der Waals surface area contributed by atoms with E-state index in [0.29, 0.717) is 0 Å². The lowest BCUT2D eigenvalue weighted by Gasteiger charge is -2.15. The average Bonchev–Trinajstić information content (AvgIpc) is 3.17. The molecule has 4 heteroatoms. The lowest BCUT2D eigenvalue weighted by molar-refractivity contribution is -0.123. The summed E-state index contributed by atoms with van der Waals surface area (Å²) in [4.78, 5) is 12.2. The fourth-order valence-corrected chi connectivity index (χ4v) is 2.17. The fourth-order valence-electron chi connectivity index (χ4n) is 2.17. The number of amides is 1. The second-order valence-electron chi connectivity index (χ2n) is 4.66. The molecule has 0 unspecified atom stereocenters. The van der Waals surface area contributed by atoms with E-state index in [9.17, 15) is 4.79 Å². The van der Waals surface area contributed by atoms with Gasteiger partial charge in [0, 0.05) is 6.54 Å². The molecule has 1 aromatic carbocycles. The minimum absolute atomic E-state index is 0. The Labute approximate surface area is 115 Å². The number of carbonyl (C=O) groups is 1. The van der Waals surface area contributed by atoms with Gasteiger partial charge in [0.2, 0.25) is 5.91 Å². The highest BCUT2D eigenvalue weighted by molar-refractivity contribution is 5.91. The van der Waals surface area contributed by atoms with Crippen molar-refractivity contribution in [2.24, 2.45) is 0 Å². The zero-order chi connectivity index (χ0) is 12.1. The van der Waals surface area contributed by atoms with Crippen LogP contribution in [0.2, 0.25) is 0 Å². The summed E-state index contributed by atoms with van der Waals surface area (Å²) in [5.74, 6) is 0.194. The van der Waals surface area contributed by atoms with Gasteiger partial charge >= 0.3 is 0 Å². The first kappa shape index (κ1) is 15.0. The maximum absolute atomic E-state index is 12.2. The Bertz CT molecular complexity index is 377. The molecule has 0 saturated heterocycles. The van der Waals surface area contributed by atoms with Gasteiger partial charge in [0.25, 0.3) is 0 Å². The molecule has 2 N–H and O–H groups in total. The molecule has 1 fully saturated rings. The van der Waals surface area contributed by atoms with Gasteiger partial charge in [-0.1, -0.05) is 30.3 Å². The third-order valence-corrected chi connectivity index (χ3v) is 3.40. The highest BCUT2D eigenvalue weighted by Gasteiger charge is 2.50. The van der Waals surface area contributed by atoms with Crippen molar-refractivity contribution in [3.63, 3.8) is 0 Å². The van der Waals surface area contributed by atoms with Gasteiger partial charge in [-0.15, -0.1) is 12.4 Å². The number of hydrogen-bond acceptors (Lipinski definition) is 2. The first-order chi connectivity index (χ1) is 8.29. The Balaban J connectivity index is 0.00000162. The van der Waals surface area contributed by atoms with E-state index in [1.165, 1.54) is 0 Å². The van der Waals surface area contributed by atoms with Crippen molar-refractivity contribution in [3.8, 4) is 0 Å². The fraction of sp³-hybridized carbons (Fsp3) is 0.500. The SMILES string of the molecule is CNCCCNC(=O)C1(c2ccccc2)CC1.Cl. The summed E-state index contributed by atoms with van der Waals surface area (Å²) in [6.07, 6.45) is 2.94. The Morgan fingerprint density at radius 3 is 2.44 bits per heavy atom. The highest BCUT2D eigenvalue weighted by atomic mass is 35.5. The van der Waals surface area contributed by atoms with Crippen LogP contribution in [0.25, 0.3) is 0 Å². The van der Waals surface area contributed by atoms with E-state index in [2.05, 4.69) is 22.8 Å². The lowest BCUT2D eigenvalue weighted by atomic mass is 9.95. The zero-order valence-corrected chi connectivity index (χ0v) is 11.6. The second kappa shape index (κ2) is 6.76. The maximum Gasteiger partial charge on any atom is 0.230 e. The second-order valence-corrected chi connectivity index (χ2v) is 4.66. The average molecular weight is 269 g/mol.